The molecule has 2 rings (SSSR count). The molecule has 2 aromatic rings. The molecule has 0 aliphatic heterocycles. The van der Waals surface area contributed by atoms with Gasteiger partial charge in [0.05, 0.1) is 4.92 Å². The van der Waals surface area contributed by atoms with E-state index in [1.54, 1.807) is 0 Å². The Morgan fingerprint density at radius 3 is 2.76 bits per heavy atom. The van der Waals surface area contributed by atoms with Crippen molar-refractivity contribution in [3.8, 4) is 0 Å². The summed E-state index contributed by atoms with van der Waals surface area (Å²) in [5, 5.41) is 14.0. The first-order valence-corrected chi connectivity index (χ1v) is 6.36. The molecule has 0 saturated carbocycles. The van der Waals surface area contributed by atoms with E-state index < -0.39 is 4.92 Å². The van der Waals surface area contributed by atoms with Gasteiger partial charge in [-0.05, 0) is 23.6 Å². The predicted molar refractivity (Wildman–Crippen MR) is 80.3 cm³/mol. The topological polar surface area (TPSA) is 119 Å². The second kappa shape index (κ2) is 6.14. The molecule has 21 heavy (non-hydrogen) atoms. The summed E-state index contributed by atoms with van der Waals surface area (Å²) in [6.45, 7) is 4.14. The zero-order valence-corrected chi connectivity index (χ0v) is 11.7. The molecule has 1 aromatic heterocycles. The third kappa shape index (κ3) is 3.42. The Hall–Kier alpha value is -2.74. The summed E-state index contributed by atoms with van der Waals surface area (Å²) in [4.78, 5) is 18.2. The number of nitrogens with two attached hydrogens (primary N) is 1. The zero-order valence-electron chi connectivity index (χ0n) is 11.7. The highest BCUT2D eigenvalue weighted by Crippen LogP contribution is 2.27. The highest BCUT2D eigenvalue weighted by atomic mass is 16.6. The van der Waals surface area contributed by atoms with Gasteiger partial charge in [-0.15, -0.1) is 0 Å². The van der Waals surface area contributed by atoms with E-state index >= 15 is 0 Å². The molecule has 1 heterocycles. The predicted octanol–water partition coefficient (Wildman–Crippen LogP) is 2.54. The minimum atomic E-state index is -0.547. The smallest absolute Gasteiger partial charge is 0.329 e. The summed E-state index contributed by atoms with van der Waals surface area (Å²) >= 11 is 0. The third-order valence-corrected chi connectivity index (χ3v) is 2.91. The average molecular weight is 288 g/mol. The lowest BCUT2D eigenvalue weighted by atomic mass is 10.0. The highest BCUT2D eigenvalue weighted by molar-refractivity contribution is 5.66. The van der Waals surface area contributed by atoms with Gasteiger partial charge in [-0.1, -0.05) is 26.0 Å². The number of hydrazine groups is 1. The Morgan fingerprint density at radius 1 is 1.38 bits per heavy atom. The van der Waals surface area contributed by atoms with E-state index in [-0.39, 0.29) is 17.5 Å². The fraction of sp³-hybridized carbons (Fsp3) is 0.231. The molecular formula is C13H16N6O2. The normalized spacial score (nSPS) is 10.5. The third-order valence-electron chi connectivity index (χ3n) is 2.91. The molecule has 0 atom stereocenters. The standard InChI is InChI=1S/C13H16N6O2/c1-8(2)9-4-3-5-10(6-9)16-12-11(19(20)21)7-15-13(17-12)18-14/h3-8H,14H2,1-2H3,(H2,15,16,17,18). The van der Waals surface area contributed by atoms with E-state index in [0.717, 1.165) is 11.8 Å². The largest absolute Gasteiger partial charge is 0.334 e. The number of hydrogen-bond acceptors (Lipinski definition) is 7. The molecule has 110 valence electrons. The van der Waals surface area contributed by atoms with E-state index in [9.17, 15) is 10.1 Å². The monoisotopic (exact) mass is 288 g/mol. The lowest BCUT2D eigenvalue weighted by Gasteiger charge is -2.10. The molecule has 0 amide bonds. The van der Waals surface area contributed by atoms with Crippen molar-refractivity contribution in [1.29, 1.82) is 0 Å². The Kier molecular flexibility index (Phi) is 4.29. The minimum Gasteiger partial charge on any atom is -0.334 e. The summed E-state index contributed by atoms with van der Waals surface area (Å²) < 4.78 is 0. The zero-order chi connectivity index (χ0) is 15.4. The fourth-order valence-corrected chi connectivity index (χ4v) is 1.78. The van der Waals surface area contributed by atoms with E-state index in [2.05, 4.69) is 34.6 Å². The van der Waals surface area contributed by atoms with E-state index in [4.69, 9.17) is 5.84 Å². The molecule has 8 nitrogen and oxygen atoms in total. The van der Waals surface area contributed by atoms with Crippen LogP contribution in [0.3, 0.4) is 0 Å². The van der Waals surface area contributed by atoms with Gasteiger partial charge in [0.25, 0.3) is 0 Å². The second-order valence-electron chi connectivity index (χ2n) is 4.73. The first-order valence-electron chi connectivity index (χ1n) is 6.36. The summed E-state index contributed by atoms with van der Waals surface area (Å²) in [5.41, 5.74) is 3.88. The number of nitro groups is 1. The molecule has 0 radical (unpaired) electrons. The molecule has 8 heteroatoms. The van der Waals surface area contributed by atoms with Crippen LogP contribution < -0.4 is 16.6 Å². The number of aromatic nitrogens is 2. The molecule has 0 aliphatic rings. The second-order valence-corrected chi connectivity index (χ2v) is 4.73. The van der Waals surface area contributed by atoms with E-state index in [1.165, 1.54) is 0 Å². The molecule has 1 aromatic carbocycles. The number of hydrogen-bond donors (Lipinski definition) is 3. The van der Waals surface area contributed by atoms with Crippen LogP contribution in [0.25, 0.3) is 0 Å². The summed E-state index contributed by atoms with van der Waals surface area (Å²) in [6.07, 6.45) is 1.11. The van der Waals surface area contributed by atoms with Crippen molar-refractivity contribution in [2.75, 3.05) is 10.7 Å². The molecule has 0 fully saturated rings. The van der Waals surface area contributed by atoms with Crippen molar-refractivity contribution in [3.05, 3.63) is 46.1 Å². The average Bonchev–Trinajstić information content (AvgIpc) is 2.47. The maximum Gasteiger partial charge on any atom is 0.329 e. The first kappa shape index (κ1) is 14.7. The number of benzene rings is 1. The number of rotatable bonds is 5. The highest BCUT2D eigenvalue weighted by Gasteiger charge is 2.17. The van der Waals surface area contributed by atoms with Crippen LogP contribution in [0.1, 0.15) is 25.3 Å². The lowest BCUT2D eigenvalue weighted by Crippen LogP contribution is -2.12. The van der Waals surface area contributed by atoms with Gasteiger partial charge >= 0.3 is 5.69 Å². The molecule has 0 spiro atoms. The van der Waals surface area contributed by atoms with Crippen molar-refractivity contribution in [2.45, 2.75) is 19.8 Å². The summed E-state index contributed by atoms with van der Waals surface area (Å²) in [6, 6.07) is 7.61. The van der Waals surface area contributed by atoms with Crippen molar-refractivity contribution >= 4 is 23.1 Å². The van der Waals surface area contributed by atoms with Crippen LogP contribution in [-0.4, -0.2) is 14.9 Å². The number of nitrogens with zero attached hydrogens (tertiary/aromatic N) is 3. The van der Waals surface area contributed by atoms with Gasteiger partial charge in [-0.2, -0.15) is 4.98 Å². The van der Waals surface area contributed by atoms with Gasteiger partial charge in [0.1, 0.15) is 6.20 Å². The Bertz CT molecular complexity index is 659. The molecule has 0 aliphatic carbocycles. The van der Waals surface area contributed by atoms with Crippen LogP contribution in [0.15, 0.2) is 30.5 Å². The Balaban J connectivity index is 2.38. The maximum absolute atomic E-state index is 11.0. The SMILES string of the molecule is CC(C)c1cccc(Nc2nc(NN)ncc2[N+](=O)[O-])c1. The number of anilines is 3. The molecule has 0 unspecified atom stereocenters. The number of nitrogen functional groups attached to an aromatic ring is 1. The van der Waals surface area contributed by atoms with Crippen molar-refractivity contribution in [1.82, 2.24) is 9.97 Å². The van der Waals surface area contributed by atoms with Crippen LogP contribution >= 0.6 is 0 Å². The van der Waals surface area contributed by atoms with E-state index in [0.29, 0.717) is 11.6 Å². The molecule has 4 N–H and O–H groups in total. The molecular weight excluding hydrogens is 272 g/mol. The summed E-state index contributed by atoms with van der Waals surface area (Å²) in [5.74, 6) is 5.77. The molecule has 0 bridgehead atoms. The van der Waals surface area contributed by atoms with Gasteiger partial charge in [0.2, 0.25) is 11.8 Å². The summed E-state index contributed by atoms with van der Waals surface area (Å²) in [7, 11) is 0. The van der Waals surface area contributed by atoms with Crippen LogP contribution in [-0.2, 0) is 0 Å². The Labute approximate surface area is 121 Å². The number of nitrogens with one attached hydrogen (secondary N) is 2. The minimum absolute atomic E-state index is 0.0869. The van der Waals surface area contributed by atoms with Crippen LogP contribution in [0.5, 0.6) is 0 Å². The Morgan fingerprint density at radius 2 is 2.14 bits per heavy atom. The van der Waals surface area contributed by atoms with Crippen LogP contribution in [0, 0.1) is 10.1 Å². The van der Waals surface area contributed by atoms with Gasteiger partial charge in [0, 0.05) is 5.69 Å². The molecule has 0 saturated heterocycles. The van der Waals surface area contributed by atoms with Crippen molar-refractivity contribution in [3.63, 3.8) is 0 Å². The van der Waals surface area contributed by atoms with Crippen molar-refractivity contribution < 1.29 is 4.92 Å². The lowest BCUT2D eigenvalue weighted by molar-refractivity contribution is -0.384. The van der Waals surface area contributed by atoms with Crippen LogP contribution in [0.4, 0.5) is 23.1 Å². The van der Waals surface area contributed by atoms with Gasteiger partial charge in [-0.3, -0.25) is 15.5 Å². The van der Waals surface area contributed by atoms with Gasteiger partial charge in [0.15, 0.2) is 0 Å². The van der Waals surface area contributed by atoms with Gasteiger partial charge in [-0.25, -0.2) is 10.8 Å². The van der Waals surface area contributed by atoms with E-state index in [1.807, 2.05) is 24.3 Å². The van der Waals surface area contributed by atoms with Crippen molar-refractivity contribution in [2.24, 2.45) is 5.84 Å². The van der Waals surface area contributed by atoms with Crippen LogP contribution in [0.2, 0.25) is 0 Å². The maximum atomic E-state index is 11.0. The van der Waals surface area contributed by atoms with Gasteiger partial charge < -0.3 is 5.32 Å². The first-order chi connectivity index (χ1) is 10.0. The quantitative estimate of drug-likeness (QED) is 0.439. The fourth-order valence-electron chi connectivity index (χ4n) is 1.78.